The lowest BCUT2D eigenvalue weighted by Crippen LogP contribution is -2.25. The first-order valence-electron chi connectivity index (χ1n) is 5.53. The molecule has 0 aliphatic heterocycles. The Kier molecular flexibility index (Phi) is 4.67. The number of nitriles is 1. The van der Waals surface area contributed by atoms with Crippen LogP contribution in [0, 0.1) is 29.0 Å². The van der Waals surface area contributed by atoms with Crippen LogP contribution in [0.1, 0.15) is 13.8 Å². The van der Waals surface area contributed by atoms with E-state index in [0.29, 0.717) is 5.69 Å². The third-order valence-corrected chi connectivity index (χ3v) is 2.51. The summed E-state index contributed by atoms with van der Waals surface area (Å²) in [5.41, 5.74) is 0.402. The van der Waals surface area contributed by atoms with Gasteiger partial charge in [0.1, 0.15) is 5.92 Å². The van der Waals surface area contributed by atoms with E-state index >= 15 is 0 Å². The molecule has 0 aliphatic rings. The lowest BCUT2D eigenvalue weighted by atomic mass is 9.96. The first-order chi connectivity index (χ1) is 8.49. The van der Waals surface area contributed by atoms with Gasteiger partial charge < -0.3 is 10.1 Å². The van der Waals surface area contributed by atoms with E-state index in [1.807, 2.05) is 6.07 Å². The number of hydrogen-bond donors (Lipinski definition) is 1. The first-order valence-corrected chi connectivity index (χ1v) is 5.53. The highest BCUT2D eigenvalue weighted by Gasteiger charge is 2.21. The zero-order chi connectivity index (χ0) is 13.7. The number of rotatable bonds is 4. The second-order valence-electron chi connectivity index (χ2n) is 4.19. The summed E-state index contributed by atoms with van der Waals surface area (Å²) < 4.78 is 18.0. The molecule has 1 aromatic carbocycles. The van der Waals surface area contributed by atoms with Crippen LogP contribution >= 0.6 is 0 Å². The Balaban J connectivity index is 2.85. The van der Waals surface area contributed by atoms with Crippen LogP contribution in [0.5, 0.6) is 5.75 Å². The van der Waals surface area contributed by atoms with Gasteiger partial charge in [0.2, 0.25) is 5.91 Å². The summed E-state index contributed by atoms with van der Waals surface area (Å²) in [4.78, 5) is 11.8. The number of hydrogen-bond acceptors (Lipinski definition) is 3. The van der Waals surface area contributed by atoms with Gasteiger partial charge in [-0.25, -0.2) is 4.39 Å². The molecule has 1 amide bonds. The van der Waals surface area contributed by atoms with Crippen LogP contribution in [0.25, 0.3) is 0 Å². The highest BCUT2D eigenvalue weighted by molar-refractivity contribution is 5.94. The van der Waals surface area contributed by atoms with Crippen LogP contribution in [0.2, 0.25) is 0 Å². The third kappa shape index (κ3) is 3.20. The number of amides is 1. The molecular formula is C13H15FN2O2. The van der Waals surface area contributed by atoms with Gasteiger partial charge in [0, 0.05) is 11.8 Å². The summed E-state index contributed by atoms with van der Waals surface area (Å²) in [5, 5.41) is 11.5. The number of nitrogens with one attached hydrogen (secondary N) is 1. The topological polar surface area (TPSA) is 62.1 Å². The Hall–Kier alpha value is -2.09. The summed E-state index contributed by atoms with van der Waals surface area (Å²) in [6.07, 6.45) is 0. The van der Waals surface area contributed by atoms with Crippen molar-refractivity contribution in [1.82, 2.24) is 0 Å². The van der Waals surface area contributed by atoms with Gasteiger partial charge in [0.15, 0.2) is 11.6 Å². The van der Waals surface area contributed by atoms with Gasteiger partial charge in [-0.05, 0) is 18.1 Å². The second kappa shape index (κ2) is 6.01. The van der Waals surface area contributed by atoms with Crippen LogP contribution in [0.3, 0.4) is 0 Å². The van der Waals surface area contributed by atoms with Crippen molar-refractivity contribution < 1.29 is 13.9 Å². The fraction of sp³-hybridized carbons (Fsp3) is 0.385. The highest BCUT2D eigenvalue weighted by Crippen LogP contribution is 2.22. The predicted molar refractivity (Wildman–Crippen MR) is 65.5 cm³/mol. The molecule has 1 aromatic rings. The van der Waals surface area contributed by atoms with Crippen molar-refractivity contribution in [3.05, 3.63) is 24.0 Å². The van der Waals surface area contributed by atoms with Gasteiger partial charge >= 0.3 is 0 Å². The molecule has 0 spiro atoms. The Morgan fingerprint density at radius 2 is 2.17 bits per heavy atom. The van der Waals surface area contributed by atoms with Crippen molar-refractivity contribution >= 4 is 11.6 Å². The van der Waals surface area contributed by atoms with Crippen LogP contribution < -0.4 is 10.1 Å². The summed E-state index contributed by atoms with van der Waals surface area (Å²) in [5.74, 6) is -1.68. The maximum absolute atomic E-state index is 13.2. The smallest absolute Gasteiger partial charge is 0.241 e. The monoisotopic (exact) mass is 250 g/mol. The van der Waals surface area contributed by atoms with E-state index in [4.69, 9.17) is 10.00 Å². The highest BCUT2D eigenvalue weighted by atomic mass is 19.1. The standard InChI is InChI=1S/C13H15FN2O2/c1-8(2)10(7-15)13(17)16-9-4-5-11(14)12(6-9)18-3/h4-6,8,10H,1-3H3,(H,16,17). The minimum Gasteiger partial charge on any atom is -0.494 e. The molecule has 5 heteroatoms. The molecule has 96 valence electrons. The van der Waals surface area contributed by atoms with Crippen LogP contribution in [-0.4, -0.2) is 13.0 Å². The molecule has 0 saturated carbocycles. The molecule has 18 heavy (non-hydrogen) atoms. The fourth-order valence-electron chi connectivity index (χ4n) is 1.47. The maximum Gasteiger partial charge on any atom is 0.241 e. The molecule has 0 bridgehead atoms. The number of methoxy groups -OCH3 is 1. The molecule has 0 radical (unpaired) electrons. The molecule has 0 aliphatic carbocycles. The molecular weight excluding hydrogens is 235 g/mol. The van der Waals surface area contributed by atoms with Crippen molar-refractivity contribution in [2.75, 3.05) is 12.4 Å². The zero-order valence-corrected chi connectivity index (χ0v) is 10.5. The number of anilines is 1. The van der Waals surface area contributed by atoms with Crippen molar-refractivity contribution in [1.29, 1.82) is 5.26 Å². The molecule has 0 fully saturated rings. The molecule has 4 nitrogen and oxygen atoms in total. The number of nitrogens with zero attached hydrogens (tertiary/aromatic N) is 1. The third-order valence-electron chi connectivity index (χ3n) is 2.51. The quantitative estimate of drug-likeness (QED) is 0.893. The Morgan fingerprint density at radius 1 is 1.50 bits per heavy atom. The van der Waals surface area contributed by atoms with E-state index in [1.165, 1.54) is 25.3 Å². The Morgan fingerprint density at radius 3 is 2.67 bits per heavy atom. The van der Waals surface area contributed by atoms with E-state index in [9.17, 15) is 9.18 Å². The van der Waals surface area contributed by atoms with Crippen molar-refractivity contribution in [3.8, 4) is 11.8 Å². The van der Waals surface area contributed by atoms with E-state index in [2.05, 4.69) is 5.32 Å². The molecule has 1 unspecified atom stereocenters. The number of halogens is 1. The maximum atomic E-state index is 13.2. The van der Waals surface area contributed by atoms with Gasteiger partial charge in [-0.2, -0.15) is 5.26 Å². The minimum absolute atomic E-state index is 0.0471. The van der Waals surface area contributed by atoms with Gasteiger partial charge in [-0.1, -0.05) is 13.8 Å². The van der Waals surface area contributed by atoms with Gasteiger partial charge in [-0.3, -0.25) is 4.79 Å². The van der Waals surface area contributed by atoms with E-state index < -0.39 is 17.6 Å². The van der Waals surface area contributed by atoms with Crippen molar-refractivity contribution in [2.24, 2.45) is 11.8 Å². The van der Waals surface area contributed by atoms with E-state index in [1.54, 1.807) is 13.8 Å². The van der Waals surface area contributed by atoms with Crippen LogP contribution in [-0.2, 0) is 4.79 Å². The number of benzene rings is 1. The average molecular weight is 250 g/mol. The summed E-state index contributed by atoms with van der Waals surface area (Å²) in [7, 11) is 1.34. The van der Waals surface area contributed by atoms with E-state index in [-0.39, 0.29) is 11.7 Å². The number of carbonyl (C=O) groups excluding carboxylic acids is 1. The molecule has 0 aromatic heterocycles. The molecule has 0 heterocycles. The summed E-state index contributed by atoms with van der Waals surface area (Å²) in [6.45, 7) is 3.58. The number of ether oxygens (including phenoxy) is 1. The number of carbonyl (C=O) groups is 1. The molecule has 1 rings (SSSR count). The SMILES string of the molecule is COc1cc(NC(=O)C(C#N)C(C)C)ccc1F. The predicted octanol–water partition coefficient (Wildman–Crippen LogP) is 2.57. The second-order valence-corrected chi connectivity index (χ2v) is 4.19. The lowest BCUT2D eigenvalue weighted by molar-refractivity contribution is -0.119. The lowest BCUT2D eigenvalue weighted by Gasteiger charge is -2.13. The first kappa shape index (κ1) is 14.0. The van der Waals surface area contributed by atoms with Crippen LogP contribution in [0.4, 0.5) is 10.1 Å². The average Bonchev–Trinajstić information content (AvgIpc) is 2.32. The van der Waals surface area contributed by atoms with Crippen LogP contribution in [0.15, 0.2) is 18.2 Å². The molecule has 0 saturated heterocycles. The van der Waals surface area contributed by atoms with E-state index in [0.717, 1.165) is 0 Å². The Bertz CT molecular complexity index is 480. The van der Waals surface area contributed by atoms with Gasteiger partial charge in [-0.15, -0.1) is 0 Å². The van der Waals surface area contributed by atoms with Gasteiger partial charge in [0.05, 0.1) is 13.2 Å². The summed E-state index contributed by atoms with van der Waals surface area (Å²) in [6, 6.07) is 5.94. The van der Waals surface area contributed by atoms with Gasteiger partial charge in [0.25, 0.3) is 0 Å². The largest absolute Gasteiger partial charge is 0.494 e. The normalized spacial score (nSPS) is 11.8. The molecule has 1 atom stereocenters. The summed E-state index contributed by atoms with van der Waals surface area (Å²) >= 11 is 0. The Labute approximate surface area is 105 Å². The van der Waals surface area contributed by atoms with Crippen molar-refractivity contribution in [2.45, 2.75) is 13.8 Å². The fourth-order valence-corrected chi connectivity index (χ4v) is 1.47. The zero-order valence-electron chi connectivity index (χ0n) is 10.5. The minimum atomic E-state index is -0.735. The van der Waals surface area contributed by atoms with Crippen molar-refractivity contribution in [3.63, 3.8) is 0 Å². The molecule has 1 N–H and O–H groups in total.